The van der Waals surface area contributed by atoms with Crippen molar-refractivity contribution in [1.29, 1.82) is 0 Å². The van der Waals surface area contributed by atoms with Crippen molar-refractivity contribution in [3.8, 4) is 0 Å². The summed E-state index contributed by atoms with van der Waals surface area (Å²) in [6, 6.07) is 3.75. The maximum absolute atomic E-state index is 11.1. The molecule has 0 unspecified atom stereocenters. The smallest absolute Gasteiger partial charge is 0.314 e. The first-order valence-corrected chi connectivity index (χ1v) is 4.92. The number of carbonyl (C=O) groups is 1. The lowest BCUT2D eigenvalue weighted by Gasteiger charge is -2.24. The molecule has 1 heterocycles. The summed E-state index contributed by atoms with van der Waals surface area (Å²) in [5, 5.41) is 5.32. The van der Waals surface area contributed by atoms with Crippen molar-refractivity contribution in [2.75, 3.05) is 13.6 Å². The Kier molecular flexibility index (Phi) is 3.66. The third kappa shape index (κ3) is 3.23. The summed E-state index contributed by atoms with van der Waals surface area (Å²) in [4.78, 5) is 15.1. The van der Waals surface area contributed by atoms with Gasteiger partial charge < -0.3 is 10.6 Å². The summed E-state index contributed by atoms with van der Waals surface area (Å²) in [5.41, 5.74) is 1.00. The molecule has 1 aromatic heterocycles. The number of amides is 2. The van der Waals surface area contributed by atoms with Gasteiger partial charge in [0.2, 0.25) is 0 Å². The molecule has 0 saturated carbocycles. The van der Waals surface area contributed by atoms with Gasteiger partial charge in [0.25, 0.3) is 0 Å². The second-order valence-electron chi connectivity index (χ2n) is 4.06. The van der Waals surface area contributed by atoms with Crippen molar-refractivity contribution < 1.29 is 4.79 Å². The topological polar surface area (TPSA) is 54.0 Å². The number of carbonyl (C=O) groups excluding carboxylic acids is 1. The zero-order chi connectivity index (χ0) is 11.3. The van der Waals surface area contributed by atoms with Crippen molar-refractivity contribution in [2.45, 2.75) is 19.3 Å². The van der Waals surface area contributed by atoms with Crippen LogP contribution in [-0.2, 0) is 5.41 Å². The second kappa shape index (κ2) is 4.77. The first-order valence-electron chi connectivity index (χ1n) is 4.92. The predicted molar refractivity (Wildman–Crippen MR) is 59.7 cm³/mol. The van der Waals surface area contributed by atoms with E-state index in [4.69, 9.17) is 0 Å². The molecular weight excluding hydrogens is 190 g/mol. The molecule has 0 atom stereocenters. The van der Waals surface area contributed by atoms with Gasteiger partial charge in [-0.2, -0.15) is 0 Å². The fourth-order valence-electron chi connectivity index (χ4n) is 1.25. The third-order valence-corrected chi connectivity index (χ3v) is 2.36. The molecule has 82 valence electrons. The van der Waals surface area contributed by atoms with Crippen LogP contribution in [0.2, 0.25) is 0 Å². The Hall–Kier alpha value is -1.58. The van der Waals surface area contributed by atoms with Gasteiger partial charge in [0, 0.05) is 31.4 Å². The number of nitrogens with one attached hydrogen (secondary N) is 2. The lowest BCUT2D eigenvalue weighted by Crippen LogP contribution is -2.40. The Bertz CT molecular complexity index is 322. The molecule has 4 heteroatoms. The second-order valence-corrected chi connectivity index (χ2v) is 4.06. The van der Waals surface area contributed by atoms with E-state index in [1.165, 1.54) is 0 Å². The van der Waals surface area contributed by atoms with Crippen LogP contribution >= 0.6 is 0 Å². The fourth-order valence-corrected chi connectivity index (χ4v) is 1.25. The van der Waals surface area contributed by atoms with Crippen molar-refractivity contribution in [3.63, 3.8) is 0 Å². The number of hydrogen-bond acceptors (Lipinski definition) is 2. The SMILES string of the molecule is CNC(=O)NCC(C)(C)c1cccnc1. The summed E-state index contributed by atoms with van der Waals surface area (Å²) in [7, 11) is 1.60. The van der Waals surface area contributed by atoms with Gasteiger partial charge in [0.05, 0.1) is 0 Å². The van der Waals surface area contributed by atoms with E-state index in [0.29, 0.717) is 6.54 Å². The van der Waals surface area contributed by atoms with Crippen LogP contribution in [0, 0.1) is 0 Å². The van der Waals surface area contributed by atoms with E-state index >= 15 is 0 Å². The van der Waals surface area contributed by atoms with Gasteiger partial charge in [-0.3, -0.25) is 4.98 Å². The molecule has 0 radical (unpaired) electrons. The lowest BCUT2D eigenvalue weighted by atomic mass is 9.86. The molecular formula is C11H17N3O. The third-order valence-electron chi connectivity index (χ3n) is 2.36. The van der Waals surface area contributed by atoms with E-state index in [0.717, 1.165) is 5.56 Å². The van der Waals surface area contributed by atoms with Crippen LogP contribution in [0.25, 0.3) is 0 Å². The minimum Gasteiger partial charge on any atom is -0.341 e. The van der Waals surface area contributed by atoms with Crippen LogP contribution in [-0.4, -0.2) is 24.6 Å². The van der Waals surface area contributed by atoms with Gasteiger partial charge in [-0.1, -0.05) is 19.9 Å². The van der Waals surface area contributed by atoms with E-state index in [1.54, 1.807) is 13.2 Å². The number of hydrogen-bond donors (Lipinski definition) is 2. The number of urea groups is 1. The summed E-state index contributed by atoms with van der Waals surface area (Å²) in [6.45, 7) is 4.72. The van der Waals surface area contributed by atoms with Crippen LogP contribution in [0.1, 0.15) is 19.4 Å². The molecule has 0 aliphatic carbocycles. The maximum atomic E-state index is 11.1. The van der Waals surface area contributed by atoms with Crippen LogP contribution in [0.3, 0.4) is 0 Å². The molecule has 0 aromatic carbocycles. The molecule has 0 saturated heterocycles. The largest absolute Gasteiger partial charge is 0.341 e. The molecule has 0 spiro atoms. The minimum atomic E-state index is -0.160. The first-order chi connectivity index (χ1) is 7.06. The van der Waals surface area contributed by atoms with E-state index in [-0.39, 0.29) is 11.4 Å². The van der Waals surface area contributed by atoms with Crippen molar-refractivity contribution >= 4 is 6.03 Å². The standard InChI is InChI=1S/C11H17N3O/c1-11(2,8-14-10(15)12-3)9-5-4-6-13-7-9/h4-7H,8H2,1-3H3,(H2,12,14,15). The van der Waals surface area contributed by atoms with Crippen LogP contribution in [0.4, 0.5) is 4.79 Å². The molecule has 1 rings (SSSR count). The van der Waals surface area contributed by atoms with Gasteiger partial charge in [0.1, 0.15) is 0 Å². The van der Waals surface area contributed by atoms with Gasteiger partial charge in [-0.25, -0.2) is 4.79 Å². The van der Waals surface area contributed by atoms with Gasteiger partial charge >= 0.3 is 6.03 Å². The average molecular weight is 207 g/mol. The molecule has 15 heavy (non-hydrogen) atoms. The number of pyridine rings is 1. The highest BCUT2D eigenvalue weighted by atomic mass is 16.2. The zero-order valence-electron chi connectivity index (χ0n) is 9.37. The normalized spacial score (nSPS) is 10.9. The Balaban J connectivity index is 2.63. The van der Waals surface area contributed by atoms with Gasteiger partial charge in [0.15, 0.2) is 0 Å². The van der Waals surface area contributed by atoms with E-state index in [9.17, 15) is 4.79 Å². The predicted octanol–water partition coefficient (Wildman–Crippen LogP) is 1.29. The summed E-state index contributed by atoms with van der Waals surface area (Å²) < 4.78 is 0. The Labute approximate surface area is 90.1 Å². The molecule has 0 bridgehead atoms. The first kappa shape index (κ1) is 11.5. The molecule has 2 amide bonds. The van der Waals surface area contributed by atoms with Crippen molar-refractivity contribution in [1.82, 2.24) is 15.6 Å². The molecule has 0 fully saturated rings. The van der Waals surface area contributed by atoms with Crippen molar-refractivity contribution in [3.05, 3.63) is 30.1 Å². The highest BCUT2D eigenvalue weighted by Crippen LogP contribution is 2.20. The van der Waals surface area contributed by atoms with E-state index < -0.39 is 0 Å². The highest BCUT2D eigenvalue weighted by molar-refractivity contribution is 5.73. The summed E-state index contributed by atoms with van der Waals surface area (Å²) in [5.74, 6) is 0. The van der Waals surface area contributed by atoms with Gasteiger partial charge in [-0.05, 0) is 11.6 Å². The van der Waals surface area contributed by atoms with E-state index in [1.807, 2.05) is 18.3 Å². The molecule has 2 N–H and O–H groups in total. The highest BCUT2D eigenvalue weighted by Gasteiger charge is 2.21. The Morgan fingerprint density at radius 2 is 2.27 bits per heavy atom. The maximum Gasteiger partial charge on any atom is 0.314 e. The summed E-state index contributed by atoms with van der Waals surface area (Å²) in [6.07, 6.45) is 3.57. The minimum absolute atomic E-state index is 0.110. The monoisotopic (exact) mass is 207 g/mol. The number of rotatable bonds is 3. The molecule has 0 aliphatic rings. The average Bonchev–Trinajstić information content (AvgIpc) is 2.27. The van der Waals surface area contributed by atoms with Crippen LogP contribution < -0.4 is 10.6 Å². The molecule has 0 aliphatic heterocycles. The van der Waals surface area contributed by atoms with Crippen LogP contribution in [0.15, 0.2) is 24.5 Å². The Morgan fingerprint density at radius 1 is 1.53 bits per heavy atom. The number of aromatic nitrogens is 1. The molecule has 1 aromatic rings. The quantitative estimate of drug-likeness (QED) is 0.784. The zero-order valence-corrected chi connectivity index (χ0v) is 9.37. The summed E-state index contributed by atoms with van der Waals surface area (Å²) >= 11 is 0. The van der Waals surface area contributed by atoms with Crippen molar-refractivity contribution in [2.24, 2.45) is 0 Å². The Morgan fingerprint density at radius 3 is 2.80 bits per heavy atom. The lowest BCUT2D eigenvalue weighted by molar-refractivity contribution is 0.240. The van der Waals surface area contributed by atoms with Gasteiger partial charge in [-0.15, -0.1) is 0 Å². The number of nitrogens with zero attached hydrogens (tertiary/aromatic N) is 1. The van der Waals surface area contributed by atoms with Crippen LogP contribution in [0.5, 0.6) is 0 Å². The fraction of sp³-hybridized carbons (Fsp3) is 0.455. The van der Waals surface area contributed by atoms with E-state index in [2.05, 4.69) is 29.5 Å². The molecule has 4 nitrogen and oxygen atoms in total.